The lowest BCUT2D eigenvalue weighted by atomic mass is 10.1. The van der Waals surface area contributed by atoms with Crippen LogP contribution >= 0.6 is 34.8 Å². The van der Waals surface area contributed by atoms with Crippen LogP contribution in [0, 0.1) is 0 Å². The zero-order valence-electron chi connectivity index (χ0n) is 12.9. The number of nitrogens with one attached hydrogen (secondary N) is 1. The molecule has 1 amide bonds. The van der Waals surface area contributed by atoms with Crippen molar-refractivity contribution < 1.29 is 4.79 Å². The van der Waals surface area contributed by atoms with Gasteiger partial charge in [-0.15, -0.1) is 0 Å². The van der Waals surface area contributed by atoms with E-state index in [1.165, 1.54) is 10.9 Å². The summed E-state index contributed by atoms with van der Waals surface area (Å²) in [5, 5.41) is 7.68. The van der Waals surface area contributed by atoms with Crippen molar-refractivity contribution in [2.24, 2.45) is 7.05 Å². The van der Waals surface area contributed by atoms with E-state index in [2.05, 4.69) is 15.4 Å². The van der Waals surface area contributed by atoms with Crippen LogP contribution in [0.25, 0.3) is 11.1 Å². The van der Waals surface area contributed by atoms with Crippen LogP contribution in [0.4, 0.5) is 11.6 Å². The highest BCUT2D eigenvalue weighted by Crippen LogP contribution is 2.38. The number of nitrogen functional groups attached to an aromatic ring is 1. The van der Waals surface area contributed by atoms with Crippen molar-refractivity contribution in [3.8, 4) is 11.1 Å². The maximum Gasteiger partial charge on any atom is 0.275 e. The number of nitrogens with zero attached hydrogens (tertiary/aromatic N) is 3. The summed E-state index contributed by atoms with van der Waals surface area (Å²) in [5.74, 6) is 0.142. The van der Waals surface area contributed by atoms with E-state index in [-0.39, 0.29) is 11.7 Å². The van der Waals surface area contributed by atoms with Gasteiger partial charge in [-0.2, -0.15) is 5.10 Å². The molecule has 3 aromatic rings. The van der Waals surface area contributed by atoms with Crippen molar-refractivity contribution in [2.45, 2.75) is 0 Å². The predicted molar refractivity (Wildman–Crippen MR) is 100 cm³/mol. The second-order valence-corrected chi connectivity index (χ2v) is 6.39. The van der Waals surface area contributed by atoms with Gasteiger partial charge in [-0.1, -0.05) is 34.8 Å². The molecule has 0 unspecified atom stereocenters. The van der Waals surface area contributed by atoms with E-state index in [1.54, 1.807) is 37.4 Å². The number of carbonyl (C=O) groups excluding carboxylic acids is 1. The Morgan fingerprint density at radius 3 is 2.56 bits per heavy atom. The molecule has 6 nitrogen and oxygen atoms in total. The standard InChI is InChI=1S/C16H12Cl3N5O/c1-24-12(4-5-21-24)16(25)23-13-3-2-9(15(20)22-13)10-6-8(17)7-11(18)14(10)19/h2-7H,1H3,(H3,20,22,23,25). The smallest absolute Gasteiger partial charge is 0.275 e. The normalized spacial score (nSPS) is 10.7. The number of nitrogens with two attached hydrogens (primary N) is 1. The first-order valence-corrected chi connectivity index (χ1v) is 8.21. The van der Waals surface area contributed by atoms with E-state index in [9.17, 15) is 4.79 Å². The van der Waals surface area contributed by atoms with Gasteiger partial charge in [0, 0.05) is 29.4 Å². The average Bonchev–Trinajstić information content (AvgIpc) is 2.97. The zero-order chi connectivity index (χ0) is 18.1. The van der Waals surface area contributed by atoms with Gasteiger partial charge in [0.2, 0.25) is 0 Å². The highest BCUT2D eigenvalue weighted by Gasteiger charge is 2.15. The highest BCUT2D eigenvalue weighted by atomic mass is 35.5. The summed E-state index contributed by atoms with van der Waals surface area (Å²) >= 11 is 18.3. The van der Waals surface area contributed by atoms with Crippen molar-refractivity contribution in [1.82, 2.24) is 14.8 Å². The van der Waals surface area contributed by atoms with Crippen molar-refractivity contribution in [2.75, 3.05) is 11.1 Å². The van der Waals surface area contributed by atoms with Crippen LogP contribution in [0.3, 0.4) is 0 Å². The van der Waals surface area contributed by atoms with Gasteiger partial charge >= 0.3 is 0 Å². The molecule has 0 bridgehead atoms. The monoisotopic (exact) mass is 395 g/mol. The number of pyridine rings is 1. The SMILES string of the molecule is Cn1nccc1C(=O)Nc1ccc(-c2cc(Cl)cc(Cl)c2Cl)c(N)n1. The lowest BCUT2D eigenvalue weighted by Gasteiger charge is -2.11. The fourth-order valence-corrected chi connectivity index (χ4v) is 3.01. The van der Waals surface area contributed by atoms with Crippen LogP contribution in [0.5, 0.6) is 0 Å². The molecule has 2 aromatic heterocycles. The van der Waals surface area contributed by atoms with Gasteiger partial charge in [0.1, 0.15) is 17.3 Å². The van der Waals surface area contributed by atoms with E-state index in [1.807, 2.05) is 0 Å². The lowest BCUT2D eigenvalue weighted by Crippen LogP contribution is -2.17. The molecule has 0 spiro atoms. The van der Waals surface area contributed by atoms with Crippen LogP contribution in [-0.2, 0) is 7.05 Å². The number of aromatic nitrogens is 3. The Hall–Kier alpha value is -2.28. The Morgan fingerprint density at radius 1 is 1.16 bits per heavy atom. The Labute approximate surface area is 158 Å². The molecule has 3 rings (SSSR count). The Morgan fingerprint density at radius 2 is 1.92 bits per heavy atom. The average molecular weight is 397 g/mol. The minimum Gasteiger partial charge on any atom is -0.383 e. The highest BCUT2D eigenvalue weighted by molar-refractivity contribution is 6.45. The zero-order valence-corrected chi connectivity index (χ0v) is 15.2. The van der Waals surface area contributed by atoms with E-state index < -0.39 is 0 Å². The molecule has 3 N–H and O–H groups in total. The number of aryl methyl sites for hydroxylation is 1. The van der Waals surface area contributed by atoms with Gasteiger partial charge in [0.15, 0.2) is 0 Å². The van der Waals surface area contributed by atoms with Crippen LogP contribution in [0.1, 0.15) is 10.5 Å². The molecule has 0 radical (unpaired) electrons. The quantitative estimate of drug-likeness (QED) is 0.647. The molecule has 0 aliphatic carbocycles. The third-order valence-electron chi connectivity index (χ3n) is 3.50. The second-order valence-electron chi connectivity index (χ2n) is 5.17. The summed E-state index contributed by atoms with van der Waals surface area (Å²) in [7, 11) is 1.67. The number of amides is 1. The van der Waals surface area contributed by atoms with Gasteiger partial charge < -0.3 is 11.1 Å². The molecule has 0 atom stereocenters. The molecule has 25 heavy (non-hydrogen) atoms. The lowest BCUT2D eigenvalue weighted by molar-refractivity contribution is 0.101. The molecule has 0 fully saturated rings. The third-order valence-corrected chi connectivity index (χ3v) is 4.52. The summed E-state index contributed by atoms with van der Waals surface area (Å²) in [4.78, 5) is 16.4. The molecule has 128 valence electrons. The largest absolute Gasteiger partial charge is 0.383 e. The molecule has 0 saturated carbocycles. The first-order valence-electron chi connectivity index (χ1n) is 7.07. The summed E-state index contributed by atoms with van der Waals surface area (Å²) in [6, 6.07) is 8.10. The van der Waals surface area contributed by atoms with Gasteiger partial charge in [-0.3, -0.25) is 9.48 Å². The number of carbonyl (C=O) groups is 1. The first-order chi connectivity index (χ1) is 11.9. The molecule has 9 heteroatoms. The van der Waals surface area contributed by atoms with Crippen LogP contribution in [0.2, 0.25) is 15.1 Å². The summed E-state index contributed by atoms with van der Waals surface area (Å²) in [5.41, 5.74) is 7.55. The number of halogens is 3. The van der Waals surface area contributed by atoms with Crippen molar-refractivity contribution >= 4 is 52.3 Å². The van der Waals surface area contributed by atoms with Gasteiger partial charge in [0.25, 0.3) is 5.91 Å². The molecule has 1 aromatic carbocycles. The summed E-state index contributed by atoms with van der Waals surface area (Å²) in [6.45, 7) is 0. The number of benzene rings is 1. The van der Waals surface area contributed by atoms with Crippen LogP contribution in [0.15, 0.2) is 36.5 Å². The number of hydrogen-bond acceptors (Lipinski definition) is 4. The van der Waals surface area contributed by atoms with Gasteiger partial charge in [-0.05, 0) is 30.3 Å². The second kappa shape index (κ2) is 6.92. The fraction of sp³-hybridized carbons (Fsp3) is 0.0625. The topological polar surface area (TPSA) is 85.8 Å². The maximum absolute atomic E-state index is 12.2. The predicted octanol–water partition coefficient (Wildman–Crippen LogP) is 4.28. The summed E-state index contributed by atoms with van der Waals surface area (Å²) in [6.07, 6.45) is 1.53. The number of anilines is 2. The van der Waals surface area contributed by atoms with Crippen LogP contribution < -0.4 is 11.1 Å². The molecule has 0 aliphatic rings. The summed E-state index contributed by atoms with van der Waals surface area (Å²) < 4.78 is 1.46. The van der Waals surface area contributed by atoms with Gasteiger partial charge in [-0.25, -0.2) is 4.98 Å². The molecular formula is C16H12Cl3N5O. The molecule has 0 saturated heterocycles. The van der Waals surface area contributed by atoms with E-state index in [0.717, 1.165) is 0 Å². The Balaban J connectivity index is 1.92. The van der Waals surface area contributed by atoms with Crippen molar-refractivity contribution in [3.63, 3.8) is 0 Å². The molecule has 2 heterocycles. The number of hydrogen-bond donors (Lipinski definition) is 2. The first kappa shape index (κ1) is 17.5. The van der Waals surface area contributed by atoms with E-state index in [0.29, 0.717) is 37.7 Å². The fourth-order valence-electron chi connectivity index (χ4n) is 2.30. The number of rotatable bonds is 3. The molecular weight excluding hydrogens is 385 g/mol. The van der Waals surface area contributed by atoms with E-state index >= 15 is 0 Å². The van der Waals surface area contributed by atoms with Crippen molar-refractivity contribution in [1.29, 1.82) is 0 Å². The Kier molecular flexibility index (Phi) is 4.85. The Bertz CT molecular complexity index is 970. The minimum atomic E-state index is -0.344. The third kappa shape index (κ3) is 3.56. The van der Waals surface area contributed by atoms with Gasteiger partial charge in [0.05, 0.1) is 10.0 Å². The maximum atomic E-state index is 12.2. The van der Waals surface area contributed by atoms with Crippen LogP contribution in [-0.4, -0.2) is 20.7 Å². The molecule has 0 aliphatic heterocycles. The minimum absolute atomic E-state index is 0.183. The van der Waals surface area contributed by atoms with Crippen molar-refractivity contribution in [3.05, 3.63) is 57.3 Å². The van der Waals surface area contributed by atoms with E-state index in [4.69, 9.17) is 40.5 Å².